The number of rotatable bonds is 6. The third-order valence-electron chi connectivity index (χ3n) is 2.87. The van der Waals surface area contributed by atoms with E-state index in [4.69, 9.17) is 22.1 Å². The summed E-state index contributed by atoms with van der Waals surface area (Å²) in [6.07, 6.45) is 0.823. The van der Waals surface area contributed by atoms with E-state index in [1.54, 1.807) is 11.3 Å². The van der Waals surface area contributed by atoms with Gasteiger partial charge >= 0.3 is 0 Å². The van der Waals surface area contributed by atoms with Crippen molar-refractivity contribution in [1.29, 1.82) is 0 Å². The lowest BCUT2D eigenvalue weighted by Crippen LogP contribution is -2.03. The quantitative estimate of drug-likeness (QED) is 0.877. The van der Waals surface area contributed by atoms with Gasteiger partial charge in [-0.1, -0.05) is 31.5 Å². The Labute approximate surface area is 128 Å². The van der Waals surface area contributed by atoms with Crippen molar-refractivity contribution >= 4 is 22.9 Å². The number of aromatic nitrogens is 1. The van der Waals surface area contributed by atoms with Gasteiger partial charge < -0.3 is 10.5 Å². The number of nitrogens with zero attached hydrogens (tertiary/aromatic N) is 1. The maximum Gasteiger partial charge on any atom is 0.138 e. The largest absolute Gasteiger partial charge is 0.486 e. The molecule has 5 heteroatoms. The van der Waals surface area contributed by atoms with Crippen LogP contribution in [0.1, 0.15) is 36.0 Å². The molecule has 0 saturated carbocycles. The minimum atomic E-state index is 0.444. The van der Waals surface area contributed by atoms with Crippen LogP contribution in [0.4, 0.5) is 0 Å². The zero-order valence-electron chi connectivity index (χ0n) is 11.7. The number of halogens is 1. The SMILES string of the molecule is CC(C)c1nc(COc2ccc(CCN)cc2Cl)cs1. The smallest absolute Gasteiger partial charge is 0.138 e. The summed E-state index contributed by atoms with van der Waals surface area (Å²) >= 11 is 7.87. The maximum absolute atomic E-state index is 6.20. The molecule has 1 aromatic heterocycles. The van der Waals surface area contributed by atoms with Crippen LogP contribution in [0.2, 0.25) is 5.02 Å². The van der Waals surface area contributed by atoms with Gasteiger partial charge in [-0.15, -0.1) is 11.3 Å². The molecule has 2 N–H and O–H groups in total. The first-order chi connectivity index (χ1) is 9.60. The molecule has 0 amide bonds. The van der Waals surface area contributed by atoms with Crippen LogP contribution in [0.5, 0.6) is 5.75 Å². The molecule has 108 valence electrons. The van der Waals surface area contributed by atoms with Gasteiger partial charge in [-0.25, -0.2) is 4.98 Å². The molecule has 0 unspecified atom stereocenters. The average Bonchev–Trinajstić information content (AvgIpc) is 2.87. The Bertz CT molecular complexity index is 569. The van der Waals surface area contributed by atoms with E-state index >= 15 is 0 Å². The summed E-state index contributed by atoms with van der Waals surface area (Å²) in [6, 6.07) is 5.79. The molecule has 1 heterocycles. The van der Waals surface area contributed by atoms with Crippen LogP contribution >= 0.6 is 22.9 Å². The predicted molar refractivity (Wildman–Crippen MR) is 84.7 cm³/mol. The van der Waals surface area contributed by atoms with Gasteiger partial charge in [0.1, 0.15) is 12.4 Å². The summed E-state index contributed by atoms with van der Waals surface area (Å²) in [7, 11) is 0. The highest BCUT2D eigenvalue weighted by molar-refractivity contribution is 7.09. The minimum Gasteiger partial charge on any atom is -0.486 e. The molecular weight excluding hydrogens is 292 g/mol. The Kier molecular flexibility index (Phi) is 5.40. The zero-order valence-corrected chi connectivity index (χ0v) is 13.3. The normalized spacial score (nSPS) is 11.1. The molecule has 0 bridgehead atoms. The van der Waals surface area contributed by atoms with Crippen LogP contribution in [0.15, 0.2) is 23.6 Å². The van der Waals surface area contributed by atoms with E-state index in [0.29, 0.717) is 29.8 Å². The molecule has 20 heavy (non-hydrogen) atoms. The van der Waals surface area contributed by atoms with Crippen LogP contribution in [0, 0.1) is 0 Å². The Balaban J connectivity index is 1.99. The highest BCUT2D eigenvalue weighted by atomic mass is 35.5. The number of nitrogens with two attached hydrogens (primary N) is 1. The lowest BCUT2D eigenvalue weighted by Gasteiger charge is -2.08. The van der Waals surface area contributed by atoms with Gasteiger partial charge in [0.25, 0.3) is 0 Å². The van der Waals surface area contributed by atoms with E-state index in [2.05, 4.69) is 18.8 Å². The monoisotopic (exact) mass is 310 g/mol. The third kappa shape index (κ3) is 3.95. The molecule has 0 fully saturated rings. The molecule has 0 radical (unpaired) electrons. The molecular formula is C15H19ClN2OS. The molecule has 1 aromatic carbocycles. The fourth-order valence-corrected chi connectivity index (χ4v) is 2.87. The van der Waals surface area contributed by atoms with E-state index in [0.717, 1.165) is 22.7 Å². The van der Waals surface area contributed by atoms with Crippen molar-refractivity contribution in [3.8, 4) is 5.75 Å². The van der Waals surface area contributed by atoms with E-state index in [1.807, 2.05) is 23.6 Å². The Morgan fingerprint density at radius 2 is 2.20 bits per heavy atom. The summed E-state index contributed by atoms with van der Waals surface area (Å²) in [5.74, 6) is 1.14. The third-order valence-corrected chi connectivity index (χ3v) is 4.36. The zero-order chi connectivity index (χ0) is 14.5. The molecule has 2 rings (SSSR count). The number of hydrogen-bond acceptors (Lipinski definition) is 4. The molecule has 2 aromatic rings. The van der Waals surface area contributed by atoms with Crippen LogP contribution < -0.4 is 10.5 Å². The molecule has 0 atom stereocenters. The van der Waals surface area contributed by atoms with Gasteiger partial charge in [-0.3, -0.25) is 0 Å². The first kappa shape index (κ1) is 15.3. The van der Waals surface area contributed by atoms with Gasteiger partial charge in [-0.05, 0) is 30.7 Å². The van der Waals surface area contributed by atoms with Crippen LogP contribution in [0.3, 0.4) is 0 Å². The van der Waals surface area contributed by atoms with E-state index in [9.17, 15) is 0 Å². The second-order valence-corrected chi connectivity index (χ2v) is 6.22. The number of benzene rings is 1. The van der Waals surface area contributed by atoms with Gasteiger partial charge in [0.05, 0.1) is 15.7 Å². The molecule has 0 saturated heterocycles. The van der Waals surface area contributed by atoms with Gasteiger partial charge in [0.2, 0.25) is 0 Å². The summed E-state index contributed by atoms with van der Waals surface area (Å²) in [6.45, 7) is 5.33. The van der Waals surface area contributed by atoms with Crippen molar-refractivity contribution in [3.63, 3.8) is 0 Å². The average molecular weight is 311 g/mol. The highest BCUT2D eigenvalue weighted by Gasteiger charge is 2.08. The van der Waals surface area contributed by atoms with Gasteiger partial charge in [-0.2, -0.15) is 0 Å². The van der Waals surface area contributed by atoms with Crippen molar-refractivity contribution in [2.45, 2.75) is 32.8 Å². The lowest BCUT2D eigenvalue weighted by atomic mass is 10.1. The Hall–Kier alpha value is -1.10. The second-order valence-electron chi connectivity index (χ2n) is 4.92. The fourth-order valence-electron chi connectivity index (χ4n) is 1.79. The maximum atomic E-state index is 6.20. The second kappa shape index (κ2) is 7.07. The molecule has 0 aliphatic heterocycles. The highest BCUT2D eigenvalue weighted by Crippen LogP contribution is 2.27. The van der Waals surface area contributed by atoms with E-state index in [1.165, 1.54) is 0 Å². The minimum absolute atomic E-state index is 0.444. The molecule has 0 aliphatic carbocycles. The molecule has 0 spiro atoms. The van der Waals surface area contributed by atoms with Crippen molar-refractivity contribution in [1.82, 2.24) is 4.98 Å². The first-order valence-corrected chi connectivity index (χ1v) is 7.91. The van der Waals surface area contributed by atoms with Crippen molar-refractivity contribution in [2.75, 3.05) is 6.54 Å². The van der Waals surface area contributed by atoms with Crippen molar-refractivity contribution in [2.24, 2.45) is 5.73 Å². The first-order valence-electron chi connectivity index (χ1n) is 6.65. The summed E-state index contributed by atoms with van der Waals surface area (Å²) < 4.78 is 5.73. The van der Waals surface area contributed by atoms with Crippen LogP contribution in [-0.4, -0.2) is 11.5 Å². The number of thiazole rings is 1. The van der Waals surface area contributed by atoms with Crippen LogP contribution in [0.25, 0.3) is 0 Å². The standard InChI is InChI=1S/C15H19ClN2OS/c1-10(2)15-18-12(9-20-15)8-19-14-4-3-11(5-6-17)7-13(14)16/h3-4,7,9-10H,5-6,8,17H2,1-2H3. The fraction of sp³-hybridized carbons (Fsp3) is 0.400. The lowest BCUT2D eigenvalue weighted by molar-refractivity contribution is 0.302. The topological polar surface area (TPSA) is 48.1 Å². The molecule has 0 aliphatic rings. The number of hydrogen-bond donors (Lipinski definition) is 1. The summed E-state index contributed by atoms with van der Waals surface area (Å²) in [5, 5.41) is 3.79. The summed E-state index contributed by atoms with van der Waals surface area (Å²) in [4.78, 5) is 4.54. The van der Waals surface area contributed by atoms with Gasteiger partial charge in [0.15, 0.2) is 0 Å². The van der Waals surface area contributed by atoms with Crippen LogP contribution in [-0.2, 0) is 13.0 Å². The van der Waals surface area contributed by atoms with E-state index < -0.39 is 0 Å². The van der Waals surface area contributed by atoms with Crippen molar-refractivity contribution < 1.29 is 4.74 Å². The predicted octanol–water partition coefficient (Wildman–Crippen LogP) is 4.00. The van der Waals surface area contributed by atoms with Crippen molar-refractivity contribution in [3.05, 3.63) is 44.9 Å². The summed E-state index contributed by atoms with van der Waals surface area (Å²) in [5.41, 5.74) is 7.60. The molecule has 3 nitrogen and oxygen atoms in total. The number of ether oxygens (including phenoxy) is 1. The Morgan fingerprint density at radius 3 is 2.80 bits per heavy atom. The van der Waals surface area contributed by atoms with Gasteiger partial charge in [0, 0.05) is 11.3 Å². The van der Waals surface area contributed by atoms with E-state index in [-0.39, 0.29) is 0 Å². The Morgan fingerprint density at radius 1 is 1.40 bits per heavy atom.